The highest BCUT2D eigenvalue weighted by molar-refractivity contribution is 5.71. The molecule has 80 heavy (non-hydrogen) atoms. The fourth-order valence-corrected chi connectivity index (χ4v) is 9.45. The normalized spacial score (nSPS) is 12.8. The number of unbranched alkanes of at least 4 members (excludes halogenated alkanes) is 32. The largest absolute Gasteiger partial charge is 0.462 e. The van der Waals surface area contributed by atoms with Gasteiger partial charge < -0.3 is 14.2 Å². The Bertz CT molecular complexity index is 1610. The molecule has 458 valence electrons. The Morgan fingerprint density at radius 2 is 0.487 bits per heavy atom. The van der Waals surface area contributed by atoms with Gasteiger partial charge in [-0.3, -0.25) is 14.4 Å². The molecule has 1 atom stereocenters. The van der Waals surface area contributed by atoms with Gasteiger partial charge in [0.25, 0.3) is 0 Å². The Hall–Kier alpha value is -3.93. The minimum atomic E-state index is -0.792. The smallest absolute Gasteiger partial charge is 0.306 e. The third kappa shape index (κ3) is 64.9. The molecule has 1 unspecified atom stereocenters. The summed E-state index contributed by atoms with van der Waals surface area (Å²) in [6.45, 7) is 6.53. The summed E-state index contributed by atoms with van der Waals surface area (Å²) in [6, 6.07) is 0. The summed E-state index contributed by atoms with van der Waals surface area (Å²) in [6.07, 6.45) is 92.4. The first-order valence-corrected chi connectivity index (χ1v) is 33.9. The molecular weight excluding hydrogens is 985 g/mol. The number of hydrogen-bond acceptors (Lipinski definition) is 6. The first-order chi connectivity index (χ1) is 39.5. The molecule has 0 aromatic rings. The molecule has 0 saturated carbocycles. The minimum absolute atomic E-state index is 0.0856. The lowest BCUT2D eigenvalue weighted by Crippen LogP contribution is -2.30. The SMILES string of the molecule is CC/C=C\C/C=C\C/C=C\C/C=C\C/C=C\C/C=C\C/C=C\C/C=C\CCCCCCC(=O)OCC(COC(=O)CCCCCCCCCCCCCCCCC)OC(=O)CCCCCCCCC/C=C\CCCCCCCCC. The molecule has 0 spiro atoms. The molecule has 0 radical (unpaired) electrons. The molecule has 0 aliphatic carbocycles. The summed E-state index contributed by atoms with van der Waals surface area (Å²) in [5, 5.41) is 0. The van der Waals surface area contributed by atoms with Gasteiger partial charge in [-0.15, -0.1) is 0 Å². The monoisotopic (exact) mass is 1110 g/mol. The standard InChI is InChI=1S/C74H126O6/c1-4-7-10-13-16-19-22-25-28-30-32-33-34-35-36-37-38-39-40-41-42-44-46-49-52-55-58-61-64-67-73(76)79-70-71(69-78-72(75)66-63-60-57-54-51-48-45-27-24-21-18-15-12-9-6-3)80-74(77)68-65-62-59-56-53-50-47-43-31-29-26-23-20-17-14-11-8-5-2/h7,10,16,19,25,28-29,31-33,35-36,38-39,41-42,46,49,71H,4-6,8-9,11-15,17-18,20-24,26-27,30,34,37,40,43-45,47-48,50-70H2,1-3H3/b10-7-,19-16-,28-25-,31-29-,33-32-,36-35-,39-38-,42-41-,49-46-. The van der Waals surface area contributed by atoms with Crippen LogP contribution in [0.1, 0.15) is 323 Å². The van der Waals surface area contributed by atoms with E-state index >= 15 is 0 Å². The van der Waals surface area contributed by atoms with Crippen LogP contribution < -0.4 is 0 Å². The summed E-state index contributed by atoms with van der Waals surface area (Å²) in [5.41, 5.74) is 0. The van der Waals surface area contributed by atoms with Crippen LogP contribution in [-0.2, 0) is 28.6 Å². The Morgan fingerprint density at radius 3 is 0.775 bits per heavy atom. The molecule has 6 heteroatoms. The molecular formula is C74H126O6. The second-order valence-corrected chi connectivity index (χ2v) is 22.4. The van der Waals surface area contributed by atoms with Crippen molar-refractivity contribution in [3.63, 3.8) is 0 Å². The van der Waals surface area contributed by atoms with Gasteiger partial charge in [-0.05, 0) is 109 Å². The van der Waals surface area contributed by atoms with E-state index in [1.807, 2.05) is 0 Å². The van der Waals surface area contributed by atoms with Gasteiger partial charge in [-0.1, -0.05) is 304 Å². The minimum Gasteiger partial charge on any atom is -0.462 e. The van der Waals surface area contributed by atoms with Crippen LogP contribution in [-0.4, -0.2) is 37.2 Å². The third-order valence-electron chi connectivity index (χ3n) is 14.5. The number of ether oxygens (including phenoxy) is 3. The molecule has 0 aliphatic heterocycles. The van der Waals surface area contributed by atoms with E-state index in [0.717, 1.165) is 122 Å². The highest BCUT2D eigenvalue weighted by atomic mass is 16.6. The van der Waals surface area contributed by atoms with Gasteiger partial charge in [-0.25, -0.2) is 0 Å². The van der Waals surface area contributed by atoms with Crippen molar-refractivity contribution in [2.75, 3.05) is 13.2 Å². The van der Waals surface area contributed by atoms with Crippen molar-refractivity contribution < 1.29 is 28.6 Å². The number of esters is 3. The second kappa shape index (κ2) is 67.6. The molecule has 0 heterocycles. The highest BCUT2D eigenvalue weighted by Gasteiger charge is 2.19. The van der Waals surface area contributed by atoms with Crippen molar-refractivity contribution in [1.29, 1.82) is 0 Å². The lowest BCUT2D eigenvalue weighted by Gasteiger charge is -2.18. The van der Waals surface area contributed by atoms with Crippen LogP contribution in [0.25, 0.3) is 0 Å². The molecule has 0 bridgehead atoms. The predicted molar refractivity (Wildman–Crippen MR) is 348 cm³/mol. The number of carbonyl (C=O) groups excluding carboxylic acids is 3. The highest BCUT2D eigenvalue weighted by Crippen LogP contribution is 2.16. The van der Waals surface area contributed by atoms with Crippen LogP contribution >= 0.6 is 0 Å². The number of carbonyl (C=O) groups is 3. The average Bonchev–Trinajstić information content (AvgIpc) is 3.46. The van der Waals surface area contributed by atoms with E-state index < -0.39 is 6.10 Å². The zero-order chi connectivity index (χ0) is 57.8. The second-order valence-electron chi connectivity index (χ2n) is 22.4. The lowest BCUT2D eigenvalue weighted by atomic mass is 10.0. The summed E-state index contributed by atoms with van der Waals surface area (Å²) in [5.74, 6) is -0.904. The van der Waals surface area contributed by atoms with Crippen molar-refractivity contribution in [3.8, 4) is 0 Å². The van der Waals surface area contributed by atoms with Crippen molar-refractivity contribution >= 4 is 17.9 Å². The summed E-state index contributed by atoms with van der Waals surface area (Å²) < 4.78 is 16.9. The van der Waals surface area contributed by atoms with E-state index in [-0.39, 0.29) is 31.1 Å². The van der Waals surface area contributed by atoms with Crippen molar-refractivity contribution in [2.45, 2.75) is 329 Å². The Balaban J connectivity index is 4.39. The van der Waals surface area contributed by atoms with Gasteiger partial charge in [0.15, 0.2) is 6.10 Å². The van der Waals surface area contributed by atoms with E-state index in [1.54, 1.807) is 0 Å². The fourth-order valence-electron chi connectivity index (χ4n) is 9.45. The maximum Gasteiger partial charge on any atom is 0.306 e. The van der Waals surface area contributed by atoms with Crippen LogP contribution in [0.3, 0.4) is 0 Å². The Kier molecular flexibility index (Phi) is 64.3. The maximum atomic E-state index is 12.9. The molecule has 0 saturated heterocycles. The van der Waals surface area contributed by atoms with Gasteiger partial charge >= 0.3 is 17.9 Å². The van der Waals surface area contributed by atoms with Crippen LogP contribution in [0.5, 0.6) is 0 Å². The van der Waals surface area contributed by atoms with E-state index in [4.69, 9.17) is 14.2 Å². The van der Waals surface area contributed by atoms with Gasteiger partial charge in [0, 0.05) is 19.3 Å². The third-order valence-corrected chi connectivity index (χ3v) is 14.5. The topological polar surface area (TPSA) is 78.9 Å². The quantitative estimate of drug-likeness (QED) is 0.0261. The van der Waals surface area contributed by atoms with Crippen LogP contribution in [0, 0.1) is 0 Å². The van der Waals surface area contributed by atoms with E-state index in [9.17, 15) is 14.4 Å². The molecule has 0 fully saturated rings. The summed E-state index contributed by atoms with van der Waals surface area (Å²) in [7, 11) is 0. The van der Waals surface area contributed by atoms with Gasteiger partial charge in [0.05, 0.1) is 0 Å². The first-order valence-electron chi connectivity index (χ1n) is 33.9. The maximum absolute atomic E-state index is 12.9. The number of rotatable bonds is 61. The number of allylic oxidation sites excluding steroid dienone is 18. The molecule has 0 amide bonds. The molecule has 0 aromatic carbocycles. The summed E-state index contributed by atoms with van der Waals surface area (Å²) >= 11 is 0. The summed E-state index contributed by atoms with van der Waals surface area (Å²) in [4.78, 5) is 38.4. The fraction of sp³-hybridized carbons (Fsp3) is 0.716. The molecule has 0 rings (SSSR count). The Morgan fingerprint density at radius 1 is 0.263 bits per heavy atom. The van der Waals surface area contributed by atoms with E-state index in [1.165, 1.54) is 161 Å². The van der Waals surface area contributed by atoms with Crippen molar-refractivity contribution in [2.24, 2.45) is 0 Å². The van der Waals surface area contributed by atoms with Crippen LogP contribution in [0.2, 0.25) is 0 Å². The zero-order valence-electron chi connectivity index (χ0n) is 52.6. The first kappa shape index (κ1) is 76.1. The van der Waals surface area contributed by atoms with Gasteiger partial charge in [-0.2, -0.15) is 0 Å². The van der Waals surface area contributed by atoms with Crippen LogP contribution in [0.15, 0.2) is 109 Å². The number of hydrogen-bond donors (Lipinski definition) is 0. The van der Waals surface area contributed by atoms with E-state index in [2.05, 4.69) is 130 Å². The average molecular weight is 1110 g/mol. The van der Waals surface area contributed by atoms with Crippen molar-refractivity contribution in [1.82, 2.24) is 0 Å². The van der Waals surface area contributed by atoms with E-state index in [0.29, 0.717) is 19.3 Å². The van der Waals surface area contributed by atoms with Gasteiger partial charge in [0.1, 0.15) is 13.2 Å². The van der Waals surface area contributed by atoms with Crippen LogP contribution in [0.4, 0.5) is 0 Å². The molecule has 0 N–H and O–H groups in total. The predicted octanol–water partition coefficient (Wildman–Crippen LogP) is 23.4. The molecule has 6 nitrogen and oxygen atoms in total. The van der Waals surface area contributed by atoms with Gasteiger partial charge in [0.2, 0.25) is 0 Å². The molecule has 0 aliphatic rings. The molecule has 0 aromatic heterocycles. The Labute approximate surface area is 495 Å². The zero-order valence-corrected chi connectivity index (χ0v) is 52.6. The lowest BCUT2D eigenvalue weighted by molar-refractivity contribution is -0.167. The van der Waals surface area contributed by atoms with Crippen molar-refractivity contribution in [3.05, 3.63) is 109 Å².